The van der Waals surface area contributed by atoms with Gasteiger partial charge in [-0.3, -0.25) is 0 Å². The van der Waals surface area contributed by atoms with E-state index in [4.69, 9.17) is 0 Å². The maximum atomic E-state index is 2.74. The van der Waals surface area contributed by atoms with Crippen molar-refractivity contribution in [3.05, 3.63) is 0 Å². The fraction of sp³-hybridized carbons (Fsp3) is 1.00. The quantitative estimate of drug-likeness (QED) is 0.194. The van der Waals surface area contributed by atoms with Crippen LogP contribution in [0.25, 0.3) is 0 Å². The second kappa shape index (κ2) is 11.3. The van der Waals surface area contributed by atoms with E-state index in [1.54, 1.807) is 0 Å². The van der Waals surface area contributed by atoms with Gasteiger partial charge >= 0.3 is 0 Å². The van der Waals surface area contributed by atoms with Gasteiger partial charge in [0.25, 0.3) is 0 Å². The summed E-state index contributed by atoms with van der Waals surface area (Å²) >= 11 is 2.74. The summed E-state index contributed by atoms with van der Waals surface area (Å²) in [4.78, 5) is 0. The average molecular weight is 434 g/mol. The Bertz CT molecular complexity index is 300. The van der Waals surface area contributed by atoms with Crippen molar-refractivity contribution in [2.24, 2.45) is 0 Å². The maximum absolute atomic E-state index is 2.74. The van der Waals surface area contributed by atoms with Crippen LogP contribution in [0.15, 0.2) is 0 Å². The van der Waals surface area contributed by atoms with Crippen LogP contribution in [0.5, 0.6) is 0 Å². The molecule has 0 aromatic heterocycles. The molecule has 3 saturated heterocycles. The monoisotopic (exact) mass is 434 g/mol. The lowest BCUT2D eigenvalue weighted by atomic mass is 9.94. The number of hydrazine groups is 1. The van der Waals surface area contributed by atoms with Crippen LogP contribution < -0.4 is 0 Å². The molecular formula is C20H39IN2. The zero-order valence-corrected chi connectivity index (χ0v) is 17.7. The number of piperidine rings is 1. The van der Waals surface area contributed by atoms with E-state index in [0.717, 1.165) is 0 Å². The fourth-order valence-electron chi connectivity index (χ4n) is 4.12. The Hall–Kier alpha value is 0.650. The van der Waals surface area contributed by atoms with Gasteiger partial charge in [-0.15, -0.1) is 0 Å². The van der Waals surface area contributed by atoms with Gasteiger partial charge in [0.2, 0.25) is 0 Å². The summed E-state index contributed by atoms with van der Waals surface area (Å²) in [6.45, 7) is 7.53. The van der Waals surface area contributed by atoms with E-state index in [2.05, 4.69) is 39.5 Å². The topological polar surface area (TPSA) is 6.48 Å². The summed E-state index contributed by atoms with van der Waals surface area (Å²) in [5, 5.41) is 5.29. The van der Waals surface area contributed by atoms with E-state index in [0.29, 0.717) is 3.42 Å². The molecule has 0 N–H and O–H groups in total. The zero-order chi connectivity index (χ0) is 16.4. The number of alkyl halides is 1. The molecule has 0 amide bonds. The molecule has 0 radical (unpaired) electrons. The summed E-state index contributed by atoms with van der Waals surface area (Å²) in [5.41, 5.74) is 0. The molecule has 3 aliphatic heterocycles. The van der Waals surface area contributed by atoms with Gasteiger partial charge in [0.05, 0.1) is 0 Å². The standard InChI is InChI=1S/C20H39IN2/c1-2-3-4-5-6-7-8-9-10-11-12-13-16-23-19-20(21)14-17-22(23)18-15-20/h2-19H2,1H3. The molecule has 3 aliphatic rings. The van der Waals surface area contributed by atoms with Crippen molar-refractivity contribution in [1.82, 2.24) is 10.0 Å². The highest BCUT2D eigenvalue weighted by Gasteiger charge is 2.41. The molecule has 2 nitrogen and oxygen atoms in total. The molecule has 2 bridgehead atoms. The van der Waals surface area contributed by atoms with Gasteiger partial charge in [-0.05, 0) is 19.3 Å². The van der Waals surface area contributed by atoms with Gasteiger partial charge in [0.1, 0.15) is 0 Å². The van der Waals surface area contributed by atoms with Gasteiger partial charge in [-0.2, -0.15) is 0 Å². The highest BCUT2D eigenvalue weighted by atomic mass is 127. The molecule has 0 aromatic rings. The van der Waals surface area contributed by atoms with Crippen LogP contribution >= 0.6 is 22.6 Å². The van der Waals surface area contributed by atoms with Crippen LogP contribution in [0.3, 0.4) is 0 Å². The summed E-state index contributed by atoms with van der Waals surface area (Å²) in [5.74, 6) is 0. The Labute approximate surface area is 158 Å². The molecule has 23 heavy (non-hydrogen) atoms. The van der Waals surface area contributed by atoms with Crippen LogP contribution in [-0.4, -0.2) is 39.6 Å². The Morgan fingerprint density at radius 1 is 0.739 bits per heavy atom. The van der Waals surface area contributed by atoms with Gasteiger partial charge in [0, 0.05) is 29.6 Å². The van der Waals surface area contributed by atoms with Gasteiger partial charge in [-0.1, -0.05) is 100 Å². The molecule has 3 fully saturated rings. The molecule has 0 aromatic carbocycles. The predicted octanol–water partition coefficient (Wildman–Crippen LogP) is 6.19. The van der Waals surface area contributed by atoms with Crippen molar-refractivity contribution in [2.75, 3.05) is 26.2 Å². The molecule has 3 heterocycles. The van der Waals surface area contributed by atoms with Crippen molar-refractivity contribution in [3.63, 3.8) is 0 Å². The summed E-state index contributed by atoms with van der Waals surface area (Å²) in [6.07, 6.45) is 20.2. The highest BCUT2D eigenvalue weighted by molar-refractivity contribution is 14.1. The average Bonchev–Trinajstić information content (AvgIpc) is 2.56. The Kier molecular flexibility index (Phi) is 9.81. The highest BCUT2D eigenvalue weighted by Crippen LogP contribution is 2.38. The van der Waals surface area contributed by atoms with Crippen LogP contribution in [0, 0.1) is 0 Å². The first-order valence-electron chi connectivity index (χ1n) is 10.4. The van der Waals surface area contributed by atoms with E-state index in [9.17, 15) is 0 Å². The van der Waals surface area contributed by atoms with E-state index < -0.39 is 0 Å². The Balaban J connectivity index is 1.36. The minimum absolute atomic E-state index is 0.601. The van der Waals surface area contributed by atoms with Crippen LogP contribution in [0.4, 0.5) is 0 Å². The van der Waals surface area contributed by atoms with Gasteiger partial charge in [0.15, 0.2) is 0 Å². The second-order valence-corrected chi connectivity index (χ2v) is 10.2. The molecule has 0 saturated carbocycles. The normalized spacial score (nSPS) is 27.7. The lowest BCUT2D eigenvalue weighted by Gasteiger charge is -2.52. The third kappa shape index (κ3) is 7.60. The Morgan fingerprint density at radius 2 is 1.22 bits per heavy atom. The molecule has 0 unspecified atom stereocenters. The minimum atomic E-state index is 0.601. The number of hydrogen-bond donors (Lipinski definition) is 0. The summed E-state index contributed by atoms with van der Waals surface area (Å²) in [6, 6.07) is 0. The first kappa shape index (κ1) is 20.0. The van der Waals surface area contributed by atoms with Crippen molar-refractivity contribution in [1.29, 1.82) is 0 Å². The molecule has 0 spiro atoms. The van der Waals surface area contributed by atoms with Crippen molar-refractivity contribution < 1.29 is 0 Å². The SMILES string of the molecule is CCCCCCCCCCCCCCN1CC2(I)CCN1CC2. The molecule has 0 atom stereocenters. The van der Waals surface area contributed by atoms with Crippen molar-refractivity contribution >= 4 is 22.6 Å². The third-order valence-corrected chi connectivity index (χ3v) is 7.19. The molecule has 0 aliphatic carbocycles. The summed E-state index contributed by atoms with van der Waals surface area (Å²) < 4.78 is 0.601. The molecule has 3 heteroatoms. The van der Waals surface area contributed by atoms with E-state index in [1.807, 2.05) is 0 Å². The van der Waals surface area contributed by atoms with E-state index in [-0.39, 0.29) is 0 Å². The first-order chi connectivity index (χ1) is 11.2. The number of nitrogens with zero attached hydrogens (tertiary/aromatic N) is 2. The first-order valence-corrected chi connectivity index (χ1v) is 11.5. The number of rotatable bonds is 13. The van der Waals surface area contributed by atoms with Crippen LogP contribution in [-0.2, 0) is 0 Å². The largest absolute Gasteiger partial charge is 0.242 e. The number of unbranched alkanes of at least 4 members (excludes halogenated alkanes) is 11. The smallest absolute Gasteiger partial charge is 0.0388 e. The fourth-order valence-corrected chi connectivity index (χ4v) is 5.00. The number of fused-ring (bicyclic) bond motifs is 3. The summed E-state index contributed by atoms with van der Waals surface area (Å²) in [7, 11) is 0. The van der Waals surface area contributed by atoms with E-state index >= 15 is 0 Å². The van der Waals surface area contributed by atoms with Gasteiger partial charge < -0.3 is 0 Å². The van der Waals surface area contributed by atoms with Crippen molar-refractivity contribution in [3.8, 4) is 0 Å². The van der Waals surface area contributed by atoms with Gasteiger partial charge in [-0.25, -0.2) is 10.0 Å². The third-order valence-electron chi connectivity index (χ3n) is 5.77. The molecular weight excluding hydrogens is 395 g/mol. The minimum Gasteiger partial charge on any atom is -0.242 e. The van der Waals surface area contributed by atoms with Crippen molar-refractivity contribution in [2.45, 2.75) is 100 Å². The number of halogens is 1. The van der Waals surface area contributed by atoms with Crippen LogP contribution in [0.2, 0.25) is 0 Å². The second-order valence-electron chi connectivity index (χ2n) is 7.88. The zero-order valence-electron chi connectivity index (χ0n) is 15.5. The lowest BCUT2D eigenvalue weighted by molar-refractivity contribution is -0.0957. The number of hydrogen-bond acceptors (Lipinski definition) is 2. The molecule has 3 rings (SSSR count). The Morgan fingerprint density at radius 3 is 1.70 bits per heavy atom. The lowest BCUT2D eigenvalue weighted by Crippen LogP contribution is -2.61. The van der Waals surface area contributed by atoms with E-state index in [1.165, 1.54) is 116 Å². The van der Waals surface area contributed by atoms with Crippen LogP contribution in [0.1, 0.15) is 96.8 Å². The molecule has 136 valence electrons. The predicted molar refractivity (Wildman–Crippen MR) is 110 cm³/mol. The maximum Gasteiger partial charge on any atom is 0.0388 e.